The van der Waals surface area contributed by atoms with E-state index in [0.29, 0.717) is 5.78 Å². The van der Waals surface area contributed by atoms with Gasteiger partial charge in [-0.05, 0) is 37.3 Å². The molecule has 0 spiro atoms. The highest BCUT2D eigenvalue weighted by atomic mass is 16.3. The maximum Gasteiger partial charge on any atom is 0.136 e. The molecule has 1 aromatic carbocycles. The van der Waals surface area contributed by atoms with Gasteiger partial charge in [0.1, 0.15) is 5.78 Å². The highest BCUT2D eigenvalue weighted by Gasteiger charge is 2.24. The van der Waals surface area contributed by atoms with Crippen LogP contribution in [0.3, 0.4) is 0 Å². The number of hydrogen-bond donors (Lipinski definition) is 1. The molecule has 0 heterocycles. The Hall–Kier alpha value is -1.15. The molecule has 2 atom stereocenters. The van der Waals surface area contributed by atoms with Gasteiger partial charge in [-0.3, -0.25) is 4.79 Å². The third-order valence-corrected chi connectivity index (χ3v) is 3.38. The van der Waals surface area contributed by atoms with Crippen LogP contribution in [0.1, 0.15) is 43.4 Å². The average molecular weight is 218 g/mol. The summed E-state index contributed by atoms with van der Waals surface area (Å²) in [6.07, 6.45) is 3.30. The van der Waals surface area contributed by atoms with Gasteiger partial charge in [0, 0.05) is 12.3 Å². The van der Waals surface area contributed by atoms with E-state index in [1.54, 1.807) is 6.92 Å². The average Bonchev–Trinajstić information content (AvgIpc) is 2.65. The quantitative estimate of drug-likeness (QED) is 0.846. The van der Waals surface area contributed by atoms with Gasteiger partial charge in [-0.25, -0.2) is 0 Å². The van der Waals surface area contributed by atoms with E-state index in [-0.39, 0.29) is 5.92 Å². The number of ketones is 1. The highest BCUT2D eigenvalue weighted by molar-refractivity contribution is 5.83. The number of carbonyl (C=O) groups excluding carboxylic acids is 1. The van der Waals surface area contributed by atoms with Crippen molar-refractivity contribution in [3.05, 3.63) is 35.4 Å². The van der Waals surface area contributed by atoms with E-state index < -0.39 is 6.10 Å². The van der Waals surface area contributed by atoms with Crippen molar-refractivity contribution in [2.24, 2.45) is 5.92 Å². The standard InChI is InChI=1S/C14H18O2/c1-10(15)12-7-5-11(6-8-12)9-13-3-2-4-14(13)16/h5-8,10,13,15H,2-4,9H2,1H3. The SMILES string of the molecule is CC(O)c1ccc(CC2CCCC2=O)cc1. The number of aliphatic hydroxyl groups is 1. The molecule has 0 saturated heterocycles. The van der Waals surface area contributed by atoms with Crippen molar-refractivity contribution >= 4 is 5.78 Å². The molecular weight excluding hydrogens is 200 g/mol. The third-order valence-electron chi connectivity index (χ3n) is 3.38. The highest BCUT2D eigenvalue weighted by Crippen LogP contribution is 2.25. The van der Waals surface area contributed by atoms with Crippen LogP contribution in [0.25, 0.3) is 0 Å². The molecule has 2 heteroatoms. The molecule has 1 fully saturated rings. The predicted octanol–water partition coefficient (Wildman–Crippen LogP) is 2.65. The second-order valence-electron chi connectivity index (χ2n) is 4.68. The smallest absolute Gasteiger partial charge is 0.136 e. The van der Waals surface area contributed by atoms with Crippen LogP contribution < -0.4 is 0 Å². The normalized spacial score (nSPS) is 22.4. The van der Waals surface area contributed by atoms with Crippen molar-refractivity contribution in [2.45, 2.75) is 38.7 Å². The van der Waals surface area contributed by atoms with Crippen molar-refractivity contribution in [1.29, 1.82) is 0 Å². The van der Waals surface area contributed by atoms with Crippen molar-refractivity contribution in [2.75, 3.05) is 0 Å². The van der Waals surface area contributed by atoms with Gasteiger partial charge in [0.25, 0.3) is 0 Å². The first-order valence-corrected chi connectivity index (χ1v) is 5.96. The van der Waals surface area contributed by atoms with E-state index in [9.17, 15) is 9.90 Å². The maximum absolute atomic E-state index is 11.5. The maximum atomic E-state index is 11.5. The van der Waals surface area contributed by atoms with Crippen LogP contribution in [0.2, 0.25) is 0 Å². The van der Waals surface area contributed by atoms with Gasteiger partial charge >= 0.3 is 0 Å². The second kappa shape index (κ2) is 4.79. The Morgan fingerprint density at radius 3 is 2.56 bits per heavy atom. The summed E-state index contributed by atoms with van der Waals surface area (Å²) in [5.41, 5.74) is 2.13. The fourth-order valence-electron chi connectivity index (χ4n) is 2.32. The molecular formula is C14H18O2. The lowest BCUT2D eigenvalue weighted by molar-refractivity contribution is -0.120. The van der Waals surface area contributed by atoms with Crippen LogP contribution in [0.5, 0.6) is 0 Å². The molecule has 1 aromatic rings. The van der Waals surface area contributed by atoms with Gasteiger partial charge < -0.3 is 5.11 Å². The minimum atomic E-state index is -0.415. The van der Waals surface area contributed by atoms with Crippen LogP contribution in [0.15, 0.2) is 24.3 Å². The molecule has 1 aliphatic rings. The molecule has 0 aliphatic heterocycles. The molecule has 0 bridgehead atoms. The Morgan fingerprint density at radius 1 is 1.38 bits per heavy atom. The summed E-state index contributed by atoms with van der Waals surface area (Å²) in [7, 11) is 0. The number of hydrogen-bond acceptors (Lipinski definition) is 2. The molecule has 0 aromatic heterocycles. The summed E-state index contributed by atoms with van der Waals surface area (Å²) >= 11 is 0. The number of benzene rings is 1. The zero-order chi connectivity index (χ0) is 11.5. The number of carbonyl (C=O) groups is 1. The Morgan fingerprint density at radius 2 is 2.06 bits per heavy atom. The number of aliphatic hydroxyl groups excluding tert-OH is 1. The van der Waals surface area contributed by atoms with E-state index in [1.165, 1.54) is 5.56 Å². The first-order chi connectivity index (χ1) is 7.66. The summed E-state index contributed by atoms with van der Waals surface area (Å²) in [5.74, 6) is 0.650. The molecule has 2 unspecified atom stereocenters. The first-order valence-electron chi connectivity index (χ1n) is 5.96. The van der Waals surface area contributed by atoms with Crippen molar-refractivity contribution in [1.82, 2.24) is 0 Å². The molecule has 2 rings (SSSR count). The monoisotopic (exact) mass is 218 g/mol. The minimum Gasteiger partial charge on any atom is -0.389 e. The lowest BCUT2D eigenvalue weighted by atomic mass is 9.96. The van der Waals surface area contributed by atoms with E-state index in [2.05, 4.69) is 0 Å². The van der Waals surface area contributed by atoms with Crippen LogP contribution in [0, 0.1) is 5.92 Å². The van der Waals surface area contributed by atoms with Crippen LogP contribution in [0.4, 0.5) is 0 Å². The van der Waals surface area contributed by atoms with E-state index in [4.69, 9.17) is 0 Å². The van der Waals surface area contributed by atoms with Crippen LogP contribution >= 0.6 is 0 Å². The topological polar surface area (TPSA) is 37.3 Å². The van der Waals surface area contributed by atoms with Gasteiger partial charge in [0.15, 0.2) is 0 Å². The van der Waals surface area contributed by atoms with E-state index in [0.717, 1.165) is 31.2 Å². The lowest BCUT2D eigenvalue weighted by Crippen LogP contribution is -2.09. The van der Waals surface area contributed by atoms with Gasteiger partial charge in [-0.15, -0.1) is 0 Å². The van der Waals surface area contributed by atoms with Gasteiger partial charge in [-0.2, -0.15) is 0 Å². The Balaban J connectivity index is 2.02. The molecule has 2 nitrogen and oxygen atoms in total. The molecule has 0 amide bonds. The van der Waals surface area contributed by atoms with Crippen LogP contribution in [-0.2, 0) is 11.2 Å². The molecule has 0 radical (unpaired) electrons. The van der Waals surface area contributed by atoms with Gasteiger partial charge in [0.05, 0.1) is 6.10 Å². The summed E-state index contributed by atoms with van der Waals surface area (Å²) in [6, 6.07) is 7.93. The van der Waals surface area contributed by atoms with Gasteiger partial charge in [0.2, 0.25) is 0 Å². The summed E-state index contributed by atoms with van der Waals surface area (Å²) in [6.45, 7) is 1.76. The number of rotatable bonds is 3. The largest absolute Gasteiger partial charge is 0.389 e. The third kappa shape index (κ3) is 2.50. The lowest BCUT2D eigenvalue weighted by Gasteiger charge is -2.09. The fourth-order valence-corrected chi connectivity index (χ4v) is 2.32. The zero-order valence-corrected chi connectivity index (χ0v) is 9.65. The number of Topliss-reactive ketones (excluding diaryl/α,β-unsaturated/α-hetero) is 1. The van der Waals surface area contributed by atoms with Gasteiger partial charge in [-0.1, -0.05) is 24.3 Å². The Labute approximate surface area is 96.3 Å². The molecule has 1 N–H and O–H groups in total. The second-order valence-corrected chi connectivity index (χ2v) is 4.68. The van der Waals surface area contributed by atoms with Crippen molar-refractivity contribution in [3.8, 4) is 0 Å². The Kier molecular flexibility index (Phi) is 3.39. The predicted molar refractivity (Wildman–Crippen MR) is 63.1 cm³/mol. The summed E-state index contributed by atoms with van der Waals surface area (Å²) in [4.78, 5) is 11.5. The Bertz CT molecular complexity index is 365. The summed E-state index contributed by atoms with van der Waals surface area (Å²) in [5, 5.41) is 9.39. The fraction of sp³-hybridized carbons (Fsp3) is 0.500. The van der Waals surface area contributed by atoms with Crippen molar-refractivity contribution < 1.29 is 9.90 Å². The minimum absolute atomic E-state index is 0.234. The van der Waals surface area contributed by atoms with Crippen LogP contribution in [-0.4, -0.2) is 10.9 Å². The van der Waals surface area contributed by atoms with E-state index in [1.807, 2.05) is 24.3 Å². The summed E-state index contributed by atoms with van der Waals surface area (Å²) < 4.78 is 0. The van der Waals surface area contributed by atoms with Crippen molar-refractivity contribution in [3.63, 3.8) is 0 Å². The molecule has 86 valence electrons. The molecule has 1 saturated carbocycles. The molecule has 16 heavy (non-hydrogen) atoms. The molecule has 1 aliphatic carbocycles. The zero-order valence-electron chi connectivity index (χ0n) is 9.65. The van der Waals surface area contributed by atoms with E-state index >= 15 is 0 Å². The first kappa shape index (κ1) is 11.3.